The molecule has 0 aliphatic carbocycles. The lowest BCUT2D eigenvalue weighted by atomic mass is 10.2. The number of halogens is 4. The van der Waals surface area contributed by atoms with Crippen molar-refractivity contribution in [3.05, 3.63) is 45.9 Å². The number of aryl methyl sites for hydroxylation is 1. The molecular formula is C18H25F3IN5S. The number of nitrogens with zero attached hydrogens (tertiary/aromatic N) is 3. The van der Waals surface area contributed by atoms with E-state index in [1.165, 1.54) is 5.56 Å². The Hall–Kier alpha value is -1.56. The van der Waals surface area contributed by atoms with Gasteiger partial charge in [-0.25, -0.2) is 4.98 Å². The van der Waals surface area contributed by atoms with Crippen LogP contribution in [0.3, 0.4) is 0 Å². The van der Waals surface area contributed by atoms with Gasteiger partial charge in [-0.15, -0.1) is 35.3 Å². The summed E-state index contributed by atoms with van der Waals surface area (Å²) >= 11 is 0.975. The van der Waals surface area contributed by atoms with Gasteiger partial charge in [0.1, 0.15) is 5.01 Å². The molecule has 0 amide bonds. The Morgan fingerprint density at radius 3 is 2.61 bits per heavy atom. The van der Waals surface area contributed by atoms with Crippen LogP contribution in [-0.4, -0.2) is 37.6 Å². The average molecular weight is 527 g/mol. The van der Waals surface area contributed by atoms with Crippen molar-refractivity contribution in [2.45, 2.75) is 26.6 Å². The van der Waals surface area contributed by atoms with Crippen LogP contribution in [0.5, 0.6) is 0 Å². The van der Waals surface area contributed by atoms with Crippen molar-refractivity contribution in [2.75, 3.05) is 31.6 Å². The van der Waals surface area contributed by atoms with Crippen LogP contribution < -0.4 is 15.5 Å². The minimum Gasteiger partial charge on any atom is -0.370 e. The summed E-state index contributed by atoms with van der Waals surface area (Å²) < 4.78 is 37.8. The molecule has 1 aromatic heterocycles. The van der Waals surface area contributed by atoms with E-state index in [1.807, 2.05) is 6.07 Å². The molecule has 0 unspecified atom stereocenters. The summed E-state index contributed by atoms with van der Waals surface area (Å²) in [5.41, 5.74) is 1.51. The molecule has 2 aromatic rings. The van der Waals surface area contributed by atoms with E-state index in [2.05, 4.69) is 57.6 Å². The number of rotatable bonds is 7. The Morgan fingerprint density at radius 1 is 1.29 bits per heavy atom. The van der Waals surface area contributed by atoms with Crippen LogP contribution >= 0.6 is 35.3 Å². The number of hydrogen-bond acceptors (Lipinski definition) is 4. The molecule has 0 bridgehead atoms. The van der Waals surface area contributed by atoms with E-state index in [0.29, 0.717) is 17.5 Å². The fraction of sp³-hybridized carbons (Fsp3) is 0.444. The fourth-order valence-electron chi connectivity index (χ4n) is 2.51. The fourth-order valence-corrected chi connectivity index (χ4v) is 3.25. The molecule has 0 atom stereocenters. The maximum Gasteiger partial charge on any atom is 0.434 e. The second-order valence-corrected chi connectivity index (χ2v) is 6.84. The largest absolute Gasteiger partial charge is 0.434 e. The first-order chi connectivity index (χ1) is 12.8. The van der Waals surface area contributed by atoms with E-state index in [9.17, 15) is 13.2 Å². The van der Waals surface area contributed by atoms with Gasteiger partial charge in [0.05, 0.1) is 6.54 Å². The molecule has 10 heteroatoms. The van der Waals surface area contributed by atoms with Crippen molar-refractivity contribution in [3.8, 4) is 0 Å². The average Bonchev–Trinajstić information content (AvgIpc) is 3.10. The van der Waals surface area contributed by atoms with Crippen molar-refractivity contribution in [3.63, 3.8) is 0 Å². The Labute approximate surface area is 184 Å². The van der Waals surface area contributed by atoms with Gasteiger partial charge in [-0.3, -0.25) is 4.99 Å². The Balaban J connectivity index is 0.00000392. The van der Waals surface area contributed by atoms with Gasteiger partial charge < -0.3 is 15.5 Å². The van der Waals surface area contributed by atoms with Crippen LogP contribution in [0.4, 0.5) is 18.9 Å². The Kier molecular flexibility index (Phi) is 10.0. The lowest BCUT2D eigenvalue weighted by Crippen LogP contribution is -2.41. The summed E-state index contributed by atoms with van der Waals surface area (Å²) in [7, 11) is 1.62. The minimum absolute atomic E-state index is 0. The normalized spacial score (nSPS) is 11.7. The van der Waals surface area contributed by atoms with Crippen LogP contribution in [0, 0.1) is 6.92 Å². The number of aliphatic imine (C=N–C) groups is 1. The molecule has 5 nitrogen and oxygen atoms in total. The minimum atomic E-state index is -4.41. The lowest BCUT2D eigenvalue weighted by Gasteiger charge is -2.24. The molecule has 0 saturated carbocycles. The number of nitrogens with one attached hydrogen (secondary N) is 2. The standard InChI is InChI=1S/C18H24F3N5S.HI/c1-4-26(14-7-5-6-13(2)10-14)9-8-23-17(22-3)24-11-16-25-15(12-27-16)18(19,20)21;/h5-7,10,12H,4,8-9,11H2,1-3H3,(H2,22,23,24);1H. The number of anilines is 1. The van der Waals surface area contributed by atoms with Crippen LogP contribution in [0.2, 0.25) is 0 Å². The number of hydrogen-bond donors (Lipinski definition) is 2. The highest BCUT2D eigenvalue weighted by atomic mass is 127. The highest BCUT2D eigenvalue weighted by Gasteiger charge is 2.33. The number of alkyl halides is 3. The van der Waals surface area contributed by atoms with E-state index in [-0.39, 0.29) is 30.5 Å². The second kappa shape index (κ2) is 11.4. The molecule has 2 rings (SSSR count). The molecule has 0 saturated heterocycles. The summed E-state index contributed by atoms with van der Waals surface area (Å²) in [6.07, 6.45) is -4.41. The summed E-state index contributed by atoms with van der Waals surface area (Å²) in [4.78, 5) is 9.94. The lowest BCUT2D eigenvalue weighted by molar-refractivity contribution is -0.140. The van der Waals surface area contributed by atoms with Gasteiger partial charge in [0.2, 0.25) is 0 Å². The van der Waals surface area contributed by atoms with Gasteiger partial charge in [-0.1, -0.05) is 12.1 Å². The molecule has 2 N–H and O–H groups in total. The summed E-state index contributed by atoms with van der Waals surface area (Å²) in [6.45, 7) is 6.63. The number of guanidine groups is 1. The Morgan fingerprint density at radius 2 is 2.04 bits per heavy atom. The van der Waals surface area contributed by atoms with Crippen LogP contribution in [0.1, 0.15) is 23.2 Å². The van der Waals surface area contributed by atoms with Crippen molar-refractivity contribution in [1.29, 1.82) is 0 Å². The third-order valence-electron chi connectivity index (χ3n) is 3.90. The zero-order valence-electron chi connectivity index (χ0n) is 16.0. The quantitative estimate of drug-likeness (QED) is 0.321. The molecule has 28 heavy (non-hydrogen) atoms. The van der Waals surface area contributed by atoms with Gasteiger partial charge in [-0.2, -0.15) is 13.2 Å². The Bertz CT molecular complexity index is 764. The third-order valence-corrected chi connectivity index (χ3v) is 4.74. The summed E-state index contributed by atoms with van der Waals surface area (Å²) in [5.74, 6) is 0.527. The van der Waals surface area contributed by atoms with Crippen molar-refractivity contribution >= 4 is 47.0 Å². The van der Waals surface area contributed by atoms with Gasteiger partial charge in [0.15, 0.2) is 11.7 Å². The summed E-state index contributed by atoms with van der Waals surface area (Å²) in [6, 6.07) is 8.30. The number of aromatic nitrogens is 1. The van der Waals surface area contributed by atoms with E-state index >= 15 is 0 Å². The van der Waals surface area contributed by atoms with Crippen molar-refractivity contribution in [2.24, 2.45) is 4.99 Å². The highest BCUT2D eigenvalue weighted by molar-refractivity contribution is 14.0. The molecule has 1 heterocycles. The van der Waals surface area contributed by atoms with Crippen molar-refractivity contribution in [1.82, 2.24) is 15.6 Å². The van der Waals surface area contributed by atoms with Gasteiger partial charge >= 0.3 is 6.18 Å². The molecular weight excluding hydrogens is 502 g/mol. The van der Waals surface area contributed by atoms with E-state index in [0.717, 1.165) is 35.5 Å². The molecule has 0 aliphatic heterocycles. The zero-order chi connectivity index (χ0) is 19.9. The molecule has 0 radical (unpaired) electrons. The molecule has 0 fully saturated rings. The zero-order valence-corrected chi connectivity index (χ0v) is 19.2. The molecule has 0 aliphatic rings. The summed E-state index contributed by atoms with van der Waals surface area (Å²) in [5, 5.41) is 7.55. The first-order valence-corrected chi connectivity index (χ1v) is 9.49. The van der Waals surface area contributed by atoms with Gasteiger partial charge in [0, 0.05) is 37.7 Å². The monoisotopic (exact) mass is 527 g/mol. The van der Waals surface area contributed by atoms with E-state index in [1.54, 1.807) is 7.05 Å². The number of benzene rings is 1. The predicted molar refractivity (Wildman–Crippen MR) is 120 cm³/mol. The second-order valence-electron chi connectivity index (χ2n) is 5.90. The van der Waals surface area contributed by atoms with Crippen molar-refractivity contribution < 1.29 is 13.2 Å². The predicted octanol–water partition coefficient (Wildman–Crippen LogP) is 4.28. The maximum absolute atomic E-state index is 12.6. The first kappa shape index (κ1) is 24.5. The SMILES string of the molecule is CCN(CCNC(=NC)NCc1nc(C(F)(F)F)cs1)c1cccc(C)c1.I. The smallest absolute Gasteiger partial charge is 0.370 e. The van der Waals surface area contributed by atoms with Crippen LogP contribution in [-0.2, 0) is 12.7 Å². The first-order valence-electron chi connectivity index (χ1n) is 8.61. The molecule has 1 aromatic carbocycles. The third kappa shape index (κ3) is 7.46. The molecule has 0 spiro atoms. The van der Waals surface area contributed by atoms with Gasteiger partial charge in [-0.05, 0) is 31.5 Å². The highest BCUT2D eigenvalue weighted by Crippen LogP contribution is 2.29. The van der Waals surface area contributed by atoms with E-state index < -0.39 is 11.9 Å². The maximum atomic E-state index is 12.6. The topological polar surface area (TPSA) is 52.5 Å². The number of thiazole rings is 1. The molecule has 156 valence electrons. The number of likely N-dealkylation sites (N-methyl/N-ethyl adjacent to an activating group) is 1. The van der Waals surface area contributed by atoms with E-state index in [4.69, 9.17) is 0 Å². The van der Waals surface area contributed by atoms with Crippen LogP contribution in [0.15, 0.2) is 34.6 Å². The van der Waals surface area contributed by atoms with Gasteiger partial charge in [0.25, 0.3) is 0 Å². The van der Waals surface area contributed by atoms with Crippen LogP contribution in [0.25, 0.3) is 0 Å².